The van der Waals surface area contributed by atoms with Crippen molar-refractivity contribution in [2.24, 2.45) is 5.92 Å². The maximum Gasteiger partial charge on any atom is 0.317 e. The number of aliphatic carboxylic acids is 1. The summed E-state index contributed by atoms with van der Waals surface area (Å²) in [6, 6.07) is -0.159. The Morgan fingerprint density at radius 3 is 2.88 bits per heavy atom. The molecule has 5 nitrogen and oxygen atoms in total. The summed E-state index contributed by atoms with van der Waals surface area (Å²) in [7, 11) is 0. The van der Waals surface area contributed by atoms with Crippen LogP contribution in [0.1, 0.15) is 19.3 Å². The van der Waals surface area contributed by atoms with Gasteiger partial charge in [0.1, 0.15) is 0 Å². The molecule has 0 aromatic carbocycles. The lowest BCUT2D eigenvalue weighted by Gasteiger charge is -2.16. The van der Waals surface area contributed by atoms with Gasteiger partial charge < -0.3 is 15.3 Å². The number of hydrogen-bond acceptors (Lipinski definition) is 2. The van der Waals surface area contributed by atoms with Crippen LogP contribution in [-0.4, -0.2) is 41.6 Å². The van der Waals surface area contributed by atoms with E-state index < -0.39 is 11.9 Å². The molecule has 1 aliphatic heterocycles. The summed E-state index contributed by atoms with van der Waals surface area (Å²) in [5.74, 6) is -1.22. The third-order valence-electron chi connectivity index (χ3n) is 2.69. The lowest BCUT2D eigenvalue weighted by molar-refractivity contribution is -0.141. The fraction of sp³-hybridized carbons (Fsp3) is 0.636. The van der Waals surface area contributed by atoms with Gasteiger partial charge in [0.25, 0.3) is 0 Å². The Balaban J connectivity index is 2.23. The molecular weight excluding hydrogens is 208 g/mol. The van der Waals surface area contributed by atoms with Crippen LogP contribution in [0.4, 0.5) is 4.79 Å². The topological polar surface area (TPSA) is 69.6 Å². The normalized spacial score (nSPS) is 19.5. The van der Waals surface area contributed by atoms with Crippen molar-refractivity contribution in [1.29, 1.82) is 0 Å². The van der Waals surface area contributed by atoms with Crippen molar-refractivity contribution in [2.75, 3.05) is 19.6 Å². The molecule has 16 heavy (non-hydrogen) atoms. The first-order valence-electron chi connectivity index (χ1n) is 5.51. The number of carboxylic acid groups (broad SMARTS) is 1. The molecule has 5 heteroatoms. The highest BCUT2D eigenvalue weighted by Crippen LogP contribution is 2.15. The van der Waals surface area contributed by atoms with Gasteiger partial charge >= 0.3 is 12.0 Å². The Morgan fingerprint density at radius 1 is 1.56 bits per heavy atom. The van der Waals surface area contributed by atoms with Crippen LogP contribution in [0.5, 0.6) is 0 Å². The van der Waals surface area contributed by atoms with E-state index in [0.29, 0.717) is 26.1 Å². The maximum atomic E-state index is 11.6. The molecule has 2 amide bonds. The minimum absolute atomic E-state index is 0.159. The quantitative estimate of drug-likeness (QED) is 0.544. The van der Waals surface area contributed by atoms with Crippen molar-refractivity contribution in [3.05, 3.63) is 12.7 Å². The summed E-state index contributed by atoms with van der Waals surface area (Å²) >= 11 is 0. The van der Waals surface area contributed by atoms with E-state index in [4.69, 9.17) is 5.11 Å². The van der Waals surface area contributed by atoms with Gasteiger partial charge in [-0.15, -0.1) is 6.58 Å². The van der Waals surface area contributed by atoms with Gasteiger partial charge in [0.05, 0.1) is 5.92 Å². The molecular formula is C11H18N2O3. The molecule has 0 spiro atoms. The first kappa shape index (κ1) is 12.5. The third-order valence-corrected chi connectivity index (χ3v) is 2.69. The monoisotopic (exact) mass is 226 g/mol. The Morgan fingerprint density at radius 2 is 2.31 bits per heavy atom. The number of nitrogens with zero attached hydrogens (tertiary/aromatic N) is 1. The van der Waals surface area contributed by atoms with Crippen molar-refractivity contribution >= 4 is 12.0 Å². The first-order valence-corrected chi connectivity index (χ1v) is 5.51. The first-order chi connectivity index (χ1) is 7.65. The predicted octanol–water partition coefficient (Wildman–Crippen LogP) is 1.07. The summed E-state index contributed by atoms with van der Waals surface area (Å²) in [4.78, 5) is 23.8. The number of allylic oxidation sites excluding steroid dienone is 1. The van der Waals surface area contributed by atoms with Gasteiger partial charge in [0.15, 0.2) is 0 Å². The smallest absolute Gasteiger partial charge is 0.317 e. The Bertz CT molecular complexity index is 278. The zero-order valence-corrected chi connectivity index (χ0v) is 9.32. The molecule has 1 atom stereocenters. The van der Waals surface area contributed by atoms with E-state index in [1.807, 2.05) is 6.08 Å². The molecule has 1 heterocycles. The predicted molar refractivity (Wildman–Crippen MR) is 60.1 cm³/mol. The van der Waals surface area contributed by atoms with Crippen molar-refractivity contribution < 1.29 is 14.7 Å². The van der Waals surface area contributed by atoms with Crippen LogP contribution in [0.2, 0.25) is 0 Å². The summed E-state index contributed by atoms with van der Waals surface area (Å²) in [5, 5.41) is 11.6. The lowest BCUT2D eigenvalue weighted by atomic mass is 10.1. The molecule has 0 aliphatic carbocycles. The average Bonchev–Trinajstić information content (AvgIpc) is 2.73. The van der Waals surface area contributed by atoms with Gasteiger partial charge in [0, 0.05) is 19.6 Å². The zero-order chi connectivity index (χ0) is 12.0. The van der Waals surface area contributed by atoms with Crippen LogP contribution in [0.25, 0.3) is 0 Å². The van der Waals surface area contributed by atoms with Crippen LogP contribution in [0, 0.1) is 5.92 Å². The number of rotatable bonds is 5. The molecule has 1 fully saturated rings. The number of carboxylic acids is 1. The molecule has 0 aromatic rings. The second-order valence-electron chi connectivity index (χ2n) is 3.93. The molecule has 1 unspecified atom stereocenters. The van der Waals surface area contributed by atoms with Gasteiger partial charge in [-0.25, -0.2) is 4.79 Å². The van der Waals surface area contributed by atoms with Crippen LogP contribution in [0.3, 0.4) is 0 Å². The van der Waals surface area contributed by atoms with Crippen LogP contribution in [0.15, 0.2) is 12.7 Å². The molecule has 0 bridgehead atoms. The number of carbonyl (C=O) groups excluding carboxylic acids is 1. The van der Waals surface area contributed by atoms with Crippen molar-refractivity contribution in [1.82, 2.24) is 10.2 Å². The fourth-order valence-electron chi connectivity index (χ4n) is 1.70. The summed E-state index contributed by atoms with van der Waals surface area (Å²) in [5.41, 5.74) is 0. The van der Waals surface area contributed by atoms with Crippen LogP contribution < -0.4 is 5.32 Å². The van der Waals surface area contributed by atoms with Gasteiger partial charge in [0.2, 0.25) is 0 Å². The molecule has 1 rings (SSSR count). The highest BCUT2D eigenvalue weighted by molar-refractivity contribution is 5.77. The molecule has 1 saturated heterocycles. The lowest BCUT2D eigenvalue weighted by Crippen LogP contribution is -2.39. The number of urea groups is 1. The highest BCUT2D eigenvalue weighted by Gasteiger charge is 2.30. The number of carbonyl (C=O) groups is 2. The molecule has 90 valence electrons. The summed E-state index contributed by atoms with van der Waals surface area (Å²) in [6.07, 6.45) is 4.10. The van der Waals surface area contributed by atoms with Crippen molar-refractivity contribution in [2.45, 2.75) is 19.3 Å². The zero-order valence-electron chi connectivity index (χ0n) is 9.32. The Hall–Kier alpha value is -1.52. The van der Waals surface area contributed by atoms with Crippen LogP contribution >= 0.6 is 0 Å². The van der Waals surface area contributed by atoms with Gasteiger partial charge in [-0.3, -0.25) is 4.79 Å². The third kappa shape index (κ3) is 3.56. The van der Waals surface area contributed by atoms with E-state index in [-0.39, 0.29) is 6.03 Å². The molecule has 1 aliphatic rings. The number of amides is 2. The number of nitrogens with one attached hydrogen (secondary N) is 1. The van der Waals surface area contributed by atoms with Crippen molar-refractivity contribution in [3.63, 3.8) is 0 Å². The molecule has 2 N–H and O–H groups in total. The van der Waals surface area contributed by atoms with E-state index in [2.05, 4.69) is 11.9 Å². The fourth-order valence-corrected chi connectivity index (χ4v) is 1.70. The van der Waals surface area contributed by atoms with Gasteiger partial charge in [-0.2, -0.15) is 0 Å². The molecule has 0 saturated carbocycles. The van der Waals surface area contributed by atoms with E-state index in [1.54, 1.807) is 4.90 Å². The maximum absolute atomic E-state index is 11.6. The second kappa shape index (κ2) is 6.15. The minimum Gasteiger partial charge on any atom is -0.481 e. The van der Waals surface area contributed by atoms with Gasteiger partial charge in [-0.05, 0) is 19.3 Å². The second-order valence-corrected chi connectivity index (χ2v) is 3.93. The molecule has 0 aromatic heterocycles. The molecule has 0 radical (unpaired) electrons. The van der Waals surface area contributed by atoms with E-state index in [9.17, 15) is 9.59 Å². The highest BCUT2D eigenvalue weighted by atomic mass is 16.4. The number of likely N-dealkylation sites (tertiary alicyclic amines) is 1. The van der Waals surface area contributed by atoms with Gasteiger partial charge in [-0.1, -0.05) is 6.08 Å². The SMILES string of the molecule is C=CCCCNC(=O)N1CCC(C(=O)O)C1. The van der Waals surface area contributed by atoms with Crippen molar-refractivity contribution in [3.8, 4) is 0 Å². The largest absolute Gasteiger partial charge is 0.481 e. The number of hydrogen-bond donors (Lipinski definition) is 2. The van der Waals surface area contributed by atoms with E-state index in [0.717, 1.165) is 12.8 Å². The Kier molecular flexibility index (Phi) is 4.82. The summed E-state index contributed by atoms with van der Waals surface area (Å²) in [6.45, 7) is 5.06. The van der Waals surface area contributed by atoms with Crippen LogP contribution in [-0.2, 0) is 4.79 Å². The van der Waals surface area contributed by atoms with E-state index >= 15 is 0 Å². The van der Waals surface area contributed by atoms with E-state index in [1.165, 1.54) is 0 Å². The summed E-state index contributed by atoms with van der Waals surface area (Å²) < 4.78 is 0. The number of unbranched alkanes of at least 4 members (excludes halogenated alkanes) is 1. The average molecular weight is 226 g/mol. The minimum atomic E-state index is -0.818. The Labute approximate surface area is 95.1 Å². The standard InChI is InChI=1S/C11H18N2O3/c1-2-3-4-6-12-11(16)13-7-5-9(8-13)10(14)15/h2,9H,1,3-8H2,(H,12,16)(H,14,15).